The molecule has 26 heavy (non-hydrogen) atoms. The van der Waals surface area contributed by atoms with Crippen molar-refractivity contribution in [2.45, 2.75) is 0 Å². The lowest BCUT2D eigenvalue weighted by Gasteiger charge is -2.38. The number of piperazine rings is 1. The van der Waals surface area contributed by atoms with Gasteiger partial charge in [-0.2, -0.15) is 0 Å². The number of carbonyl (C=O) groups excluding carboxylic acids is 1. The van der Waals surface area contributed by atoms with Gasteiger partial charge in [-0.15, -0.1) is 0 Å². The van der Waals surface area contributed by atoms with E-state index in [0.717, 1.165) is 59.7 Å². The van der Waals surface area contributed by atoms with Gasteiger partial charge in [0.1, 0.15) is 0 Å². The van der Waals surface area contributed by atoms with Gasteiger partial charge < -0.3 is 9.80 Å². The number of aromatic nitrogens is 2. The Morgan fingerprint density at radius 1 is 0.769 bits per heavy atom. The second-order valence-electron chi connectivity index (χ2n) is 6.63. The number of hydrogen-bond donors (Lipinski definition) is 0. The van der Waals surface area contributed by atoms with Crippen LogP contribution in [0.3, 0.4) is 0 Å². The van der Waals surface area contributed by atoms with Crippen LogP contribution >= 0.6 is 0 Å². The number of nitrogens with zero attached hydrogens (tertiary/aromatic N) is 4. The monoisotopic (exact) mass is 342 g/mol. The zero-order chi connectivity index (χ0) is 17.5. The molecule has 2 aliphatic rings. The lowest BCUT2D eigenvalue weighted by Crippen LogP contribution is -2.46. The standard InChI is InChI=1S/C21H18N4O/c26-19-14-18(16-6-1-4-15-5-2-7-17(19)20(15)16)24-10-12-25(13-11-24)21-22-8-3-9-23-21/h1-9,14H,10-13H2. The summed E-state index contributed by atoms with van der Waals surface area (Å²) >= 11 is 0. The molecule has 0 unspecified atom stereocenters. The van der Waals surface area contributed by atoms with Crippen molar-refractivity contribution in [1.82, 2.24) is 14.9 Å². The van der Waals surface area contributed by atoms with Crippen molar-refractivity contribution in [2.75, 3.05) is 31.1 Å². The minimum Gasteiger partial charge on any atom is -0.367 e. The normalized spacial score (nSPS) is 16.8. The van der Waals surface area contributed by atoms with E-state index in [2.05, 4.69) is 44.0 Å². The predicted molar refractivity (Wildman–Crippen MR) is 102 cm³/mol. The van der Waals surface area contributed by atoms with E-state index in [9.17, 15) is 4.79 Å². The van der Waals surface area contributed by atoms with Crippen LogP contribution in [0.5, 0.6) is 0 Å². The summed E-state index contributed by atoms with van der Waals surface area (Å²) < 4.78 is 0. The molecule has 1 aliphatic carbocycles. The first kappa shape index (κ1) is 15.1. The maximum atomic E-state index is 12.7. The Morgan fingerprint density at radius 2 is 1.42 bits per heavy atom. The third kappa shape index (κ3) is 2.36. The van der Waals surface area contributed by atoms with E-state index in [4.69, 9.17) is 0 Å². The van der Waals surface area contributed by atoms with E-state index in [0.29, 0.717) is 0 Å². The average molecular weight is 342 g/mol. The van der Waals surface area contributed by atoms with Crippen LogP contribution < -0.4 is 4.90 Å². The van der Waals surface area contributed by atoms with Gasteiger partial charge in [-0.25, -0.2) is 9.97 Å². The Balaban J connectivity index is 1.46. The van der Waals surface area contributed by atoms with Crippen LogP contribution in [0.1, 0.15) is 15.9 Å². The highest BCUT2D eigenvalue weighted by Gasteiger charge is 2.26. The number of allylic oxidation sites excluding steroid dienone is 1. The highest BCUT2D eigenvalue weighted by atomic mass is 16.1. The molecule has 5 nitrogen and oxygen atoms in total. The van der Waals surface area contributed by atoms with Crippen LogP contribution in [0, 0.1) is 0 Å². The molecule has 128 valence electrons. The quantitative estimate of drug-likeness (QED) is 0.717. The molecule has 1 aromatic heterocycles. The number of hydrogen-bond acceptors (Lipinski definition) is 5. The fraction of sp³-hybridized carbons (Fsp3) is 0.190. The summed E-state index contributed by atoms with van der Waals surface area (Å²) in [6.45, 7) is 3.37. The van der Waals surface area contributed by atoms with Crippen molar-refractivity contribution >= 4 is 28.2 Å². The summed E-state index contributed by atoms with van der Waals surface area (Å²) in [5.41, 5.74) is 2.99. The van der Waals surface area contributed by atoms with Gasteiger partial charge in [0.2, 0.25) is 5.95 Å². The molecule has 3 aromatic rings. The van der Waals surface area contributed by atoms with Crippen molar-refractivity contribution < 1.29 is 4.79 Å². The third-order valence-corrected chi connectivity index (χ3v) is 5.17. The Labute approximate surface area is 151 Å². The highest BCUT2D eigenvalue weighted by molar-refractivity contribution is 6.21. The smallest absolute Gasteiger partial charge is 0.225 e. The molecule has 0 atom stereocenters. The summed E-state index contributed by atoms with van der Waals surface area (Å²) in [6, 6.07) is 14.0. The van der Waals surface area contributed by atoms with Crippen molar-refractivity contribution in [2.24, 2.45) is 0 Å². The number of anilines is 1. The maximum Gasteiger partial charge on any atom is 0.225 e. The molecule has 5 heteroatoms. The molecular formula is C21H18N4O. The van der Waals surface area contributed by atoms with Gasteiger partial charge >= 0.3 is 0 Å². The molecule has 1 saturated heterocycles. The fourth-order valence-electron chi connectivity index (χ4n) is 3.90. The highest BCUT2D eigenvalue weighted by Crippen LogP contribution is 2.35. The lowest BCUT2D eigenvalue weighted by molar-refractivity contribution is 0.104. The molecule has 5 rings (SSSR count). The van der Waals surface area contributed by atoms with Gasteiger partial charge in [-0.3, -0.25) is 4.79 Å². The van der Waals surface area contributed by atoms with Crippen LogP contribution in [-0.4, -0.2) is 46.8 Å². The Kier molecular flexibility index (Phi) is 3.45. The van der Waals surface area contributed by atoms with Gasteiger partial charge in [-0.1, -0.05) is 36.4 Å². The first-order chi connectivity index (χ1) is 12.8. The van der Waals surface area contributed by atoms with Crippen LogP contribution in [0.4, 0.5) is 5.95 Å². The summed E-state index contributed by atoms with van der Waals surface area (Å²) in [5, 5.41) is 2.20. The van der Waals surface area contributed by atoms with Gasteiger partial charge in [0, 0.05) is 66.9 Å². The Hall–Kier alpha value is -3.21. The lowest BCUT2D eigenvalue weighted by atomic mass is 9.89. The summed E-state index contributed by atoms with van der Waals surface area (Å²) in [6.07, 6.45) is 5.34. The van der Waals surface area contributed by atoms with Crippen LogP contribution in [0.2, 0.25) is 0 Å². The number of carbonyl (C=O) groups is 1. The topological polar surface area (TPSA) is 49.3 Å². The molecule has 1 fully saturated rings. The number of benzene rings is 2. The first-order valence-corrected chi connectivity index (χ1v) is 8.86. The summed E-state index contributed by atoms with van der Waals surface area (Å²) in [5.74, 6) is 0.867. The summed E-state index contributed by atoms with van der Waals surface area (Å²) in [4.78, 5) is 25.9. The zero-order valence-corrected chi connectivity index (χ0v) is 14.3. The summed E-state index contributed by atoms with van der Waals surface area (Å²) in [7, 11) is 0. The second-order valence-corrected chi connectivity index (χ2v) is 6.63. The molecule has 2 heterocycles. The maximum absolute atomic E-state index is 12.7. The van der Waals surface area contributed by atoms with Crippen molar-refractivity contribution in [3.05, 3.63) is 72.1 Å². The molecule has 0 amide bonds. The first-order valence-electron chi connectivity index (χ1n) is 8.86. The van der Waals surface area contributed by atoms with Crippen LogP contribution in [0.25, 0.3) is 16.5 Å². The van der Waals surface area contributed by atoms with Gasteiger partial charge in [0.05, 0.1) is 0 Å². The van der Waals surface area contributed by atoms with Crippen molar-refractivity contribution in [3.63, 3.8) is 0 Å². The number of ketones is 1. The predicted octanol–water partition coefficient (Wildman–Crippen LogP) is 2.99. The van der Waals surface area contributed by atoms with E-state index in [1.165, 1.54) is 0 Å². The Bertz CT molecular complexity index is 1020. The SMILES string of the molecule is O=C1C=C(N2CCN(c3ncccn3)CC2)c2cccc3cccc1c23. The molecule has 1 aliphatic heterocycles. The molecule has 0 bridgehead atoms. The molecule has 2 aromatic carbocycles. The molecular weight excluding hydrogens is 324 g/mol. The van der Waals surface area contributed by atoms with E-state index in [1.807, 2.05) is 18.2 Å². The van der Waals surface area contributed by atoms with Gasteiger partial charge in [-0.05, 0) is 11.5 Å². The van der Waals surface area contributed by atoms with E-state index < -0.39 is 0 Å². The average Bonchev–Trinajstić information content (AvgIpc) is 2.71. The molecule has 0 spiro atoms. The second kappa shape index (κ2) is 5.95. The van der Waals surface area contributed by atoms with E-state index in [-0.39, 0.29) is 5.78 Å². The minimum atomic E-state index is 0.0955. The Morgan fingerprint density at radius 3 is 2.15 bits per heavy atom. The van der Waals surface area contributed by atoms with Crippen molar-refractivity contribution in [1.29, 1.82) is 0 Å². The van der Waals surface area contributed by atoms with E-state index >= 15 is 0 Å². The fourth-order valence-corrected chi connectivity index (χ4v) is 3.90. The van der Waals surface area contributed by atoms with Crippen molar-refractivity contribution in [3.8, 4) is 0 Å². The molecule has 0 saturated carbocycles. The van der Waals surface area contributed by atoms with Gasteiger partial charge in [0.15, 0.2) is 5.78 Å². The van der Waals surface area contributed by atoms with Crippen LogP contribution in [-0.2, 0) is 0 Å². The van der Waals surface area contributed by atoms with E-state index in [1.54, 1.807) is 18.5 Å². The van der Waals surface area contributed by atoms with Gasteiger partial charge in [0.25, 0.3) is 0 Å². The molecule has 0 N–H and O–H groups in total. The third-order valence-electron chi connectivity index (χ3n) is 5.17. The number of rotatable bonds is 2. The van der Waals surface area contributed by atoms with Crippen LogP contribution in [0.15, 0.2) is 60.9 Å². The largest absolute Gasteiger partial charge is 0.367 e. The minimum absolute atomic E-state index is 0.0955. The zero-order valence-electron chi connectivity index (χ0n) is 14.3. The molecule has 0 radical (unpaired) electrons.